The molecule has 0 aromatic rings. The van der Waals surface area contributed by atoms with Crippen LogP contribution in [0.25, 0.3) is 0 Å². The average molecular weight is 384 g/mol. The van der Waals surface area contributed by atoms with Crippen LogP contribution in [0.1, 0.15) is 97.3 Å². The number of nitrogens with zero attached hydrogens (tertiary/aromatic N) is 1. The van der Waals surface area contributed by atoms with Gasteiger partial charge in [-0.25, -0.2) is 0 Å². The molecule has 0 fully saturated rings. The van der Waals surface area contributed by atoms with Crippen LogP contribution in [0.2, 0.25) is 0 Å². The van der Waals surface area contributed by atoms with Crippen LogP contribution in [-0.4, -0.2) is 41.6 Å². The van der Waals surface area contributed by atoms with Gasteiger partial charge in [-0.3, -0.25) is 0 Å². The summed E-state index contributed by atoms with van der Waals surface area (Å²) in [6.45, 7) is 4.14. The molecule has 1 N–H and O–H groups in total. The molecule has 0 heterocycles. The van der Waals surface area contributed by atoms with Crippen LogP contribution in [-0.2, 0) is 0 Å². The zero-order chi connectivity index (χ0) is 17.5. The average Bonchev–Trinajstić information content (AvgIpc) is 2.48. The lowest BCUT2D eigenvalue weighted by Crippen LogP contribution is -2.33. The Balaban J connectivity index is 0. The van der Waals surface area contributed by atoms with Gasteiger partial charge < -0.3 is 10.0 Å². The van der Waals surface area contributed by atoms with E-state index < -0.39 is 0 Å². The third kappa shape index (κ3) is 17.3. The van der Waals surface area contributed by atoms with Crippen molar-refractivity contribution in [3.05, 3.63) is 0 Å². The number of rotatable bonds is 16. The first-order chi connectivity index (χ1) is 11.0. The first-order valence-electron chi connectivity index (χ1n) is 9.95. The SMILES string of the molecule is CCCCCCCCCCCCC(Cl)CC(CC(C)O)N(C)C.Cl. The van der Waals surface area contributed by atoms with Gasteiger partial charge in [0.15, 0.2) is 0 Å². The van der Waals surface area contributed by atoms with Crippen LogP contribution in [0.4, 0.5) is 0 Å². The lowest BCUT2D eigenvalue weighted by atomic mass is 10.00. The van der Waals surface area contributed by atoms with Crippen molar-refractivity contribution < 1.29 is 5.11 Å². The summed E-state index contributed by atoms with van der Waals surface area (Å²) in [7, 11) is 4.16. The number of unbranched alkanes of at least 4 members (excludes halogenated alkanes) is 9. The Morgan fingerprint density at radius 2 is 1.29 bits per heavy atom. The van der Waals surface area contributed by atoms with Gasteiger partial charge in [0, 0.05) is 11.4 Å². The van der Waals surface area contributed by atoms with Crippen molar-refractivity contribution >= 4 is 24.0 Å². The summed E-state index contributed by atoms with van der Waals surface area (Å²) in [6, 6.07) is 0.389. The Morgan fingerprint density at radius 1 is 0.833 bits per heavy atom. The molecule has 2 nitrogen and oxygen atoms in total. The summed E-state index contributed by atoms with van der Waals surface area (Å²) >= 11 is 6.51. The molecule has 0 saturated heterocycles. The second-order valence-corrected chi connectivity index (χ2v) is 8.12. The highest BCUT2D eigenvalue weighted by atomic mass is 35.5. The molecular formula is C20H43Cl2NO. The minimum atomic E-state index is -0.247. The molecule has 0 aliphatic heterocycles. The standard InChI is InChI=1S/C20H42ClNO.ClH/c1-5-6-7-8-9-10-11-12-13-14-15-19(21)17-20(22(3)4)16-18(2)23;/h18-20,23H,5-17H2,1-4H3;1H. The van der Waals surface area contributed by atoms with Crippen LogP contribution in [0.15, 0.2) is 0 Å². The van der Waals surface area contributed by atoms with E-state index in [1.165, 1.54) is 64.2 Å². The molecule has 148 valence electrons. The van der Waals surface area contributed by atoms with E-state index in [0.29, 0.717) is 6.04 Å². The summed E-state index contributed by atoms with van der Waals surface area (Å²) in [4.78, 5) is 2.20. The summed E-state index contributed by atoms with van der Waals surface area (Å²) in [6.07, 6.45) is 16.4. The zero-order valence-electron chi connectivity index (χ0n) is 16.6. The van der Waals surface area contributed by atoms with Crippen molar-refractivity contribution in [2.45, 2.75) is 115 Å². The number of aliphatic hydroxyl groups excluding tert-OH is 1. The van der Waals surface area contributed by atoms with E-state index in [9.17, 15) is 5.11 Å². The van der Waals surface area contributed by atoms with E-state index >= 15 is 0 Å². The maximum Gasteiger partial charge on any atom is 0.0527 e. The predicted octanol–water partition coefficient (Wildman–Crippen LogP) is 6.42. The van der Waals surface area contributed by atoms with Crippen LogP contribution in [0.5, 0.6) is 0 Å². The first kappa shape index (κ1) is 26.7. The molecule has 0 amide bonds. The Labute approximate surface area is 163 Å². The van der Waals surface area contributed by atoms with E-state index in [1.54, 1.807) is 0 Å². The normalized spacial score (nSPS) is 15.1. The topological polar surface area (TPSA) is 23.5 Å². The third-order valence-electron chi connectivity index (χ3n) is 4.74. The van der Waals surface area contributed by atoms with Gasteiger partial charge in [0.25, 0.3) is 0 Å². The summed E-state index contributed by atoms with van der Waals surface area (Å²) in [5, 5.41) is 9.82. The molecule has 3 unspecified atom stereocenters. The van der Waals surface area contributed by atoms with Crippen LogP contribution in [0.3, 0.4) is 0 Å². The van der Waals surface area contributed by atoms with Crippen molar-refractivity contribution in [1.82, 2.24) is 4.90 Å². The molecular weight excluding hydrogens is 341 g/mol. The molecule has 0 bridgehead atoms. The fraction of sp³-hybridized carbons (Fsp3) is 1.00. The van der Waals surface area contributed by atoms with E-state index in [0.717, 1.165) is 19.3 Å². The van der Waals surface area contributed by atoms with E-state index in [1.807, 2.05) is 6.92 Å². The van der Waals surface area contributed by atoms with Gasteiger partial charge in [-0.05, 0) is 40.3 Å². The van der Waals surface area contributed by atoms with Gasteiger partial charge in [-0.15, -0.1) is 24.0 Å². The Kier molecular flexibility index (Phi) is 20.4. The number of halogens is 2. The number of hydrogen-bond donors (Lipinski definition) is 1. The van der Waals surface area contributed by atoms with E-state index in [2.05, 4.69) is 25.9 Å². The Hall–Kier alpha value is 0.500. The quantitative estimate of drug-likeness (QED) is 0.245. The minimum absolute atomic E-state index is 0. The Morgan fingerprint density at radius 3 is 1.71 bits per heavy atom. The number of alkyl halides is 1. The summed E-state index contributed by atoms with van der Waals surface area (Å²) < 4.78 is 0. The fourth-order valence-corrected chi connectivity index (χ4v) is 3.54. The van der Waals surface area contributed by atoms with Crippen LogP contribution in [0, 0.1) is 0 Å². The predicted molar refractivity (Wildman–Crippen MR) is 112 cm³/mol. The molecule has 0 radical (unpaired) electrons. The highest BCUT2D eigenvalue weighted by Gasteiger charge is 2.18. The van der Waals surface area contributed by atoms with Gasteiger partial charge in [0.2, 0.25) is 0 Å². The molecule has 0 aromatic heterocycles. The lowest BCUT2D eigenvalue weighted by Gasteiger charge is -2.27. The van der Waals surface area contributed by atoms with Gasteiger partial charge in [0.1, 0.15) is 0 Å². The molecule has 0 aliphatic carbocycles. The molecule has 0 aliphatic rings. The molecule has 0 rings (SSSR count). The van der Waals surface area contributed by atoms with Gasteiger partial charge >= 0.3 is 0 Å². The second-order valence-electron chi connectivity index (χ2n) is 7.51. The maximum absolute atomic E-state index is 9.58. The molecule has 3 atom stereocenters. The van der Waals surface area contributed by atoms with Crippen molar-refractivity contribution in [3.63, 3.8) is 0 Å². The Bertz CT molecular complexity index is 250. The largest absolute Gasteiger partial charge is 0.393 e. The van der Waals surface area contributed by atoms with Crippen molar-refractivity contribution in [2.75, 3.05) is 14.1 Å². The highest BCUT2D eigenvalue weighted by molar-refractivity contribution is 6.20. The minimum Gasteiger partial charge on any atom is -0.393 e. The first-order valence-corrected chi connectivity index (χ1v) is 10.4. The number of hydrogen-bond acceptors (Lipinski definition) is 2. The smallest absolute Gasteiger partial charge is 0.0527 e. The molecule has 0 spiro atoms. The molecule has 24 heavy (non-hydrogen) atoms. The fourth-order valence-electron chi connectivity index (χ4n) is 3.18. The van der Waals surface area contributed by atoms with Gasteiger partial charge in [-0.2, -0.15) is 0 Å². The van der Waals surface area contributed by atoms with E-state index in [-0.39, 0.29) is 23.9 Å². The highest BCUT2D eigenvalue weighted by Crippen LogP contribution is 2.20. The van der Waals surface area contributed by atoms with Crippen molar-refractivity contribution in [1.29, 1.82) is 0 Å². The van der Waals surface area contributed by atoms with Gasteiger partial charge in [-0.1, -0.05) is 71.1 Å². The number of aliphatic hydroxyl groups is 1. The zero-order valence-corrected chi connectivity index (χ0v) is 18.2. The summed E-state index contributed by atoms with van der Waals surface area (Å²) in [5.41, 5.74) is 0. The summed E-state index contributed by atoms with van der Waals surface area (Å²) in [5.74, 6) is 0. The van der Waals surface area contributed by atoms with Gasteiger partial charge in [0.05, 0.1) is 6.10 Å². The van der Waals surface area contributed by atoms with Crippen LogP contribution < -0.4 is 0 Å². The van der Waals surface area contributed by atoms with Crippen molar-refractivity contribution in [2.24, 2.45) is 0 Å². The third-order valence-corrected chi connectivity index (χ3v) is 5.14. The maximum atomic E-state index is 9.58. The monoisotopic (exact) mass is 383 g/mol. The second kappa shape index (κ2) is 18.3. The van der Waals surface area contributed by atoms with E-state index in [4.69, 9.17) is 11.6 Å². The van der Waals surface area contributed by atoms with Crippen LogP contribution >= 0.6 is 24.0 Å². The molecule has 4 heteroatoms. The lowest BCUT2D eigenvalue weighted by molar-refractivity contribution is 0.133. The van der Waals surface area contributed by atoms with Crippen molar-refractivity contribution in [3.8, 4) is 0 Å². The molecule has 0 saturated carbocycles. The molecule has 0 aromatic carbocycles.